The fourth-order valence-electron chi connectivity index (χ4n) is 7.26. The molecule has 0 spiro atoms. The van der Waals surface area contributed by atoms with Crippen LogP contribution in [0, 0.1) is 11.6 Å². The first-order valence-corrected chi connectivity index (χ1v) is 24.5. The summed E-state index contributed by atoms with van der Waals surface area (Å²) in [5, 5.41) is 9.18. The number of nitrogens with zero attached hydrogens (tertiary/aromatic N) is 10. The molecule has 62 heavy (non-hydrogen) atoms. The summed E-state index contributed by atoms with van der Waals surface area (Å²) in [7, 11) is 1.20. The van der Waals surface area contributed by atoms with Crippen LogP contribution < -0.4 is 29.5 Å². The molecule has 3 aromatic heterocycles. The number of carbonyl (C=O) groups is 2. The van der Waals surface area contributed by atoms with Gasteiger partial charge in [0.1, 0.15) is 12.7 Å². The summed E-state index contributed by atoms with van der Waals surface area (Å²) in [5.41, 5.74) is -0.110. The zero-order valence-electron chi connectivity index (χ0n) is 32.7. The van der Waals surface area contributed by atoms with Crippen molar-refractivity contribution in [2.75, 3.05) is 50.0 Å². The molecule has 6 aromatic rings. The van der Waals surface area contributed by atoms with E-state index in [2.05, 4.69) is 30.0 Å². The molecule has 2 fully saturated rings. The third kappa shape index (κ3) is 10.5. The molecule has 3 aromatic carbocycles. The first-order valence-electron chi connectivity index (χ1n) is 19.2. The van der Waals surface area contributed by atoms with E-state index in [1.165, 1.54) is 49.7 Å². The van der Waals surface area contributed by atoms with Gasteiger partial charge in [-0.05, 0) is 12.1 Å². The van der Waals surface area contributed by atoms with E-state index in [0.29, 0.717) is 54.1 Å². The third-order valence-corrected chi connectivity index (χ3v) is 14.5. The number of aromatic nitrogens is 8. The van der Waals surface area contributed by atoms with Gasteiger partial charge in [-0.3, -0.25) is 0 Å². The Labute approximate surface area is 377 Å². The van der Waals surface area contributed by atoms with E-state index in [1.807, 2.05) is 35.0 Å². The van der Waals surface area contributed by atoms with Crippen molar-refractivity contribution in [3.63, 3.8) is 0 Å². The second kappa shape index (κ2) is 19.7. The number of halogens is 5. The van der Waals surface area contributed by atoms with Crippen molar-refractivity contribution in [3.05, 3.63) is 138 Å². The van der Waals surface area contributed by atoms with Crippen molar-refractivity contribution in [2.24, 2.45) is 0 Å². The summed E-state index contributed by atoms with van der Waals surface area (Å²) in [6.07, 6.45) is 10.2. The molecule has 16 nitrogen and oxygen atoms in total. The number of carbonyl (C=O) groups excluding carboxylic acids is 2. The van der Waals surface area contributed by atoms with Gasteiger partial charge >= 0.3 is 253 Å². The summed E-state index contributed by atoms with van der Waals surface area (Å²) < 4.78 is 58.4. The van der Waals surface area contributed by atoms with Crippen LogP contribution in [0.4, 0.5) is 19.3 Å². The molecule has 0 saturated carbocycles. The topological polar surface area (TPSA) is 157 Å². The second-order valence-electron chi connectivity index (χ2n) is 14.3. The number of piperazine rings is 1. The summed E-state index contributed by atoms with van der Waals surface area (Å²) >= 11 is 11.4. The number of ether oxygens (including phenoxy) is 4. The SMILES string of the molecule is O=C(OC(Cn1cncn1)(Cn1cncn1)c1ccc(F)cc1F)[I-]SCC(=O)N1CCN(c2ccc(OCC3COC(Cn4ccnc4)(c4ccc(Cl)cc4Cl)O3)cc2)CC1. The quantitative estimate of drug-likeness (QED) is 0.0973. The Morgan fingerprint density at radius 2 is 1.66 bits per heavy atom. The molecule has 1 amide bonds. The minimum absolute atomic E-state index is 0.0668. The molecule has 326 valence electrons. The van der Waals surface area contributed by atoms with Gasteiger partial charge in [0.25, 0.3) is 0 Å². The van der Waals surface area contributed by atoms with Crippen LogP contribution in [0.3, 0.4) is 0 Å². The monoisotopic (exact) mass is 1020 g/mol. The van der Waals surface area contributed by atoms with E-state index >= 15 is 4.39 Å². The Hall–Kier alpha value is -4.87. The van der Waals surface area contributed by atoms with Crippen LogP contribution in [-0.4, -0.2) is 105 Å². The summed E-state index contributed by atoms with van der Waals surface area (Å²) in [6, 6.07) is 16.0. The van der Waals surface area contributed by atoms with Crippen molar-refractivity contribution >= 4 is 47.7 Å². The van der Waals surface area contributed by atoms with Crippen LogP contribution in [-0.2, 0) is 50.0 Å². The fourth-order valence-corrected chi connectivity index (χ4v) is 11.0. The third-order valence-electron chi connectivity index (χ3n) is 10.2. The van der Waals surface area contributed by atoms with Gasteiger partial charge < -0.3 is 14.0 Å². The van der Waals surface area contributed by atoms with Gasteiger partial charge in [0.15, 0.2) is 0 Å². The number of hydrogen-bond acceptors (Lipinski definition) is 13. The van der Waals surface area contributed by atoms with E-state index in [1.54, 1.807) is 35.6 Å². The number of rotatable bonds is 17. The van der Waals surface area contributed by atoms with E-state index in [0.717, 1.165) is 17.8 Å². The molecule has 0 N–H and O–H groups in total. The van der Waals surface area contributed by atoms with E-state index in [-0.39, 0.29) is 49.6 Å². The van der Waals surface area contributed by atoms with Gasteiger partial charge in [0.05, 0.1) is 24.5 Å². The van der Waals surface area contributed by atoms with Gasteiger partial charge in [0, 0.05) is 23.0 Å². The second-order valence-corrected chi connectivity index (χ2v) is 19.9. The van der Waals surface area contributed by atoms with Crippen LogP contribution in [0.5, 0.6) is 5.75 Å². The molecule has 0 radical (unpaired) electrons. The standard InChI is InChI=1S/C40H38Cl2F2IN10O6S/c41-28-1-7-33(35(42)15-28)40(22-51-10-9-46-25-51)59-18-32(60-40)17-58-31-5-3-30(4-6-31)52-11-13-53(14-12-52)37(56)19-62-45-38(57)61-39(20-54-26-47-23-49-54,21-55-27-48-24-50-55)34-8-2-29(43)16-36(34)44/h1-10,15-16,23-27,32H,11-14,17-22H2/q-1. The molecule has 2 aliphatic heterocycles. The molecule has 2 unspecified atom stereocenters. The molecule has 0 bridgehead atoms. The molecular weight excluding hydrogens is 984 g/mol. The molecule has 0 aliphatic carbocycles. The average molecular weight is 1020 g/mol. The zero-order chi connectivity index (χ0) is 43.1. The number of hydrogen-bond donors (Lipinski definition) is 0. The minimum atomic E-state index is -1.69. The Bertz CT molecular complexity index is 2400. The Morgan fingerprint density at radius 3 is 2.31 bits per heavy atom. The number of amides is 1. The first-order chi connectivity index (χ1) is 30.1. The molecular formula is C40H38Cl2F2IN10O6S-. The normalized spacial score (nSPS) is 18.0. The van der Waals surface area contributed by atoms with Gasteiger partial charge in [0.2, 0.25) is 5.79 Å². The van der Waals surface area contributed by atoms with Gasteiger partial charge in [-0.2, -0.15) is 0 Å². The average Bonchev–Trinajstić information content (AvgIpc) is 4.11. The summed E-state index contributed by atoms with van der Waals surface area (Å²) in [6.45, 7) is 2.80. The molecule has 5 heterocycles. The zero-order valence-corrected chi connectivity index (χ0v) is 37.2. The molecule has 22 heteroatoms. The first kappa shape index (κ1) is 43.8. The van der Waals surface area contributed by atoms with Crippen molar-refractivity contribution in [1.29, 1.82) is 0 Å². The maximum absolute atomic E-state index is 15.4. The van der Waals surface area contributed by atoms with E-state index in [4.69, 9.17) is 42.1 Å². The number of benzene rings is 3. The fraction of sp³-hybridized carbons (Fsp3) is 0.325. The molecule has 2 atom stereocenters. The Kier molecular flexibility index (Phi) is 13.9. The van der Waals surface area contributed by atoms with Crippen LogP contribution >= 0.6 is 32.1 Å². The number of imidazole rings is 1. The van der Waals surface area contributed by atoms with Crippen molar-refractivity contribution in [3.8, 4) is 5.75 Å². The Balaban J connectivity index is 0.813. The van der Waals surface area contributed by atoms with Gasteiger partial charge in [-0.15, -0.1) is 0 Å². The predicted octanol–water partition coefficient (Wildman–Crippen LogP) is 2.82. The molecule has 2 saturated heterocycles. The van der Waals surface area contributed by atoms with Gasteiger partial charge in [-0.25, -0.2) is 4.98 Å². The van der Waals surface area contributed by atoms with Crippen LogP contribution in [0.25, 0.3) is 0 Å². The van der Waals surface area contributed by atoms with E-state index in [9.17, 15) is 14.0 Å². The molecule has 8 rings (SSSR count). The number of anilines is 1. The summed E-state index contributed by atoms with van der Waals surface area (Å²) in [5.74, 6) is -2.20. The Morgan fingerprint density at radius 1 is 0.919 bits per heavy atom. The van der Waals surface area contributed by atoms with Crippen LogP contribution in [0.2, 0.25) is 10.0 Å². The van der Waals surface area contributed by atoms with Crippen molar-refractivity contribution in [2.45, 2.75) is 37.1 Å². The van der Waals surface area contributed by atoms with Crippen LogP contribution in [0.1, 0.15) is 11.1 Å². The van der Waals surface area contributed by atoms with Crippen LogP contribution in [0.15, 0.2) is 105 Å². The van der Waals surface area contributed by atoms with E-state index < -0.39 is 46.8 Å². The summed E-state index contributed by atoms with van der Waals surface area (Å²) in [4.78, 5) is 42.7. The predicted molar refractivity (Wildman–Crippen MR) is 219 cm³/mol. The van der Waals surface area contributed by atoms with Crippen molar-refractivity contribution in [1.82, 2.24) is 44.0 Å². The van der Waals surface area contributed by atoms with Crippen molar-refractivity contribution < 1.29 is 57.1 Å². The molecule has 2 aliphatic rings. The van der Waals surface area contributed by atoms with Gasteiger partial charge in [-0.1, -0.05) is 29.3 Å². The maximum atomic E-state index is 15.4.